The first-order chi connectivity index (χ1) is 13.8. The fraction of sp³-hybridized carbons (Fsp3) is 0.389. The normalized spacial score (nSPS) is 16.9. The zero-order chi connectivity index (χ0) is 20.6. The molecule has 1 fully saturated rings. The van der Waals surface area contributed by atoms with Crippen LogP contribution in [-0.4, -0.2) is 39.2 Å². The summed E-state index contributed by atoms with van der Waals surface area (Å²) in [4.78, 5) is 7.89. The number of hydrogen-bond acceptors (Lipinski definition) is 5. The van der Waals surface area contributed by atoms with Crippen LogP contribution in [0.2, 0.25) is 0 Å². The van der Waals surface area contributed by atoms with Gasteiger partial charge in [-0.05, 0) is 54.0 Å². The monoisotopic (exact) mass is 472 g/mol. The summed E-state index contributed by atoms with van der Waals surface area (Å²) in [6.45, 7) is 1.78. The molecule has 11 heteroatoms. The quantitative estimate of drug-likeness (QED) is 0.565. The molecule has 3 aromatic rings. The Hall–Kier alpha value is -2.27. The van der Waals surface area contributed by atoms with Crippen molar-refractivity contribution in [3.8, 4) is 0 Å². The first-order valence-corrected chi connectivity index (χ1v) is 9.76. The molecule has 0 spiro atoms. The van der Waals surface area contributed by atoms with Gasteiger partial charge in [0.15, 0.2) is 11.3 Å². The van der Waals surface area contributed by atoms with Crippen LogP contribution in [0.25, 0.3) is 5.65 Å². The molecule has 29 heavy (non-hydrogen) atoms. The average Bonchev–Trinajstić information content (AvgIpc) is 3.07. The van der Waals surface area contributed by atoms with Crippen LogP contribution < -0.4 is 10.6 Å². The minimum absolute atomic E-state index is 0.0773. The molecule has 2 N–H and O–H groups in total. The topological polar surface area (TPSA) is 67.1 Å². The fourth-order valence-corrected chi connectivity index (χ4v) is 3.96. The number of aromatic nitrogens is 4. The minimum atomic E-state index is -4.58. The van der Waals surface area contributed by atoms with Crippen molar-refractivity contribution in [2.75, 3.05) is 25.0 Å². The van der Waals surface area contributed by atoms with Gasteiger partial charge < -0.3 is 10.6 Å². The lowest BCUT2D eigenvalue weighted by atomic mass is 9.75. The molecule has 0 saturated carbocycles. The highest BCUT2D eigenvalue weighted by atomic mass is 79.9. The second-order valence-electron chi connectivity index (χ2n) is 7.01. The molecule has 154 valence electrons. The van der Waals surface area contributed by atoms with Gasteiger partial charge in [-0.25, -0.2) is 9.37 Å². The fourth-order valence-electron chi connectivity index (χ4n) is 3.60. The van der Waals surface area contributed by atoms with Gasteiger partial charge in [-0.15, -0.1) is 0 Å². The maximum Gasteiger partial charge on any atom is 0.433 e. The van der Waals surface area contributed by atoms with Crippen LogP contribution in [0.15, 0.2) is 35.1 Å². The number of halogens is 5. The van der Waals surface area contributed by atoms with E-state index in [1.54, 1.807) is 6.07 Å². The molecule has 4 heterocycles. The van der Waals surface area contributed by atoms with Crippen LogP contribution in [-0.2, 0) is 11.6 Å². The zero-order valence-corrected chi connectivity index (χ0v) is 16.7. The first kappa shape index (κ1) is 20.0. The smallest absolute Gasteiger partial charge is 0.369 e. The Morgan fingerprint density at radius 1 is 1.21 bits per heavy atom. The summed E-state index contributed by atoms with van der Waals surface area (Å²) >= 11 is 3.18. The molecule has 1 aliphatic heterocycles. The molecule has 0 aromatic carbocycles. The standard InChI is InChI=1S/C18H17BrF4N6/c19-14-8-16-27-13(18(21,22)23)7-15(29(16)28-14)26-10-17(3-5-24-6-4-17)12-2-1-11(20)9-25-12/h1-2,7-9,24,26H,3-6,10H2. The van der Waals surface area contributed by atoms with Crippen molar-refractivity contribution in [1.29, 1.82) is 0 Å². The lowest BCUT2D eigenvalue weighted by molar-refractivity contribution is -0.141. The number of anilines is 1. The van der Waals surface area contributed by atoms with Crippen molar-refractivity contribution in [3.63, 3.8) is 0 Å². The van der Waals surface area contributed by atoms with E-state index >= 15 is 0 Å². The second-order valence-corrected chi connectivity index (χ2v) is 7.82. The van der Waals surface area contributed by atoms with Gasteiger partial charge in [-0.3, -0.25) is 4.98 Å². The van der Waals surface area contributed by atoms with E-state index < -0.39 is 23.1 Å². The third kappa shape index (κ3) is 4.06. The molecule has 0 amide bonds. The van der Waals surface area contributed by atoms with Crippen molar-refractivity contribution >= 4 is 27.4 Å². The first-order valence-electron chi connectivity index (χ1n) is 8.97. The summed E-state index contributed by atoms with van der Waals surface area (Å²) in [5, 5.41) is 10.6. The average molecular weight is 473 g/mol. The van der Waals surface area contributed by atoms with Gasteiger partial charge in [0.2, 0.25) is 0 Å². The predicted octanol–water partition coefficient (Wildman–Crippen LogP) is 3.78. The molecule has 4 rings (SSSR count). The van der Waals surface area contributed by atoms with Gasteiger partial charge in [0, 0.05) is 29.8 Å². The molecule has 0 atom stereocenters. The van der Waals surface area contributed by atoms with Gasteiger partial charge >= 0.3 is 6.18 Å². The van der Waals surface area contributed by atoms with Crippen molar-refractivity contribution in [2.24, 2.45) is 0 Å². The molecule has 1 saturated heterocycles. The van der Waals surface area contributed by atoms with E-state index in [1.807, 2.05) is 0 Å². The lowest BCUT2D eigenvalue weighted by Crippen LogP contribution is -2.45. The largest absolute Gasteiger partial charge is 0.433 e. The maximum absolute atomic E-state index is 13.3. The van der Waals surface area contributed by atoms with Crippen LogP contribution in [0.5, 0.6) is 0 Å². The molecular weight excluding hydrogens is 456 g/mol. The van der Waals surface area contributed by atoms with Crippen molar-refractivity contribution in [3.05, 3.63) is 52.3 Å². The van der Waals surface area contributed by atoms with Crippen LogP contribution in [0, 0.1) is 5.82 Å². The molecule has 1 aliphatic rings. The minimum Gasteiger partial charge on any atom is -0.369 e. The third-order valence-corrected chi connectivity index (χ3v) is 5.51. The summed E-state index contributed by atoms with van der Waals surface area (Å²) in [5.74, 6) is -0.258. The van der Waals surface area contributed by atoms with E-state index in [0.717, 1.165) is 25.4 Å². The van der Waals surface area contributed by atoms with Crippen molar-refractivity contribution in [1.82, 2.24) is 24.9 Å². The van der Waals surface area contributed by atoms with E-state index in [4.69, 9.17) is 0 Å². The summed E-state index contributed by atoms with van der Waals surface area (Å²) in [6.07, 6.45) is -2.00. The van der Waals surface area contributed by atoms with E-state index in [2.05, 4.69) is 41.6 Å². The number of fused-ring (bicyclic) bond motifs is 1. The van der Waals surface area contributed by atoms with Crippen molar-refractivity contribution in [2.45, 2.75) is 24.4 Å². The van der Waals surface area contributed by atoms with Gasteiger partial charge in [-0.1, -0.05) is 0 Å². The molecule has 0 aliphatic carbocycles. The summed E-state index contributed by atoms with van der Waals surface area (Å²) in [6, 6.07) is 5.35. The van der Waals surface area contributed by atoms with Crippen LogP contribution in [0.3, 0.4) is 0 Å². The number of nitrogens with one attached hydrogen (secondary N) is 2. The van der Waals surface area contributed by atoms with Crippen LogP contribution in [0.1, 0.15) is 24.2 Å². The van der Waals surface area contributed by atoms with E-state index in [0.29, 0.717) is 29.7 Å². The van der Waals surface area contributed by atoms with E-state index in [-0.39, 0.29) is 11.5 Å². The highest BCUT2D eigenvalue weighted by Gasteiger charge is 2.37. The number of piperidine rings is 1. The Balaban J connectivity index is 1.70. The van der Waals surface area contributed by atoms with Gasteiger partial charge in [0.05, 0.1) is 6.20 Å². The molecule has 0 bridgehead atoms. The Morgan fingerprint density at radius 3 is 2.62 bits per heavy atom. The number of pyridine rings is 1. The van der Waals surface area contributed by atoms with Gasteiger partial charge in [0.1, 0.15) is 16.2 Å². The van der Waals surface area contributed by atoms with Crippen molar-refractivity contribution < 1.29 is 17.6 Å². The second kappa shape index (κ2) is 7.52. The highest BCUT2D eigenvalue weighted by molar-refractivity contribution is 9.10. The Kier molecular flexibility index (Phi) is 5.19. The van der Waals surface area contributed by atoms with E-state index in [9.17, 15) is 17.6 Å². The third-order valence-electron chi connectivity index (χ3n) is 5.13. The van der Waals surface area contributed by atoms with Gasteiger partial charge in [-0.2, -0.15) is 22.8 Å². The number of alkyl halides is 3. The van der Waals surface area contributed by atoms with Gasteiger partial charge in [0.25, 0.3) is 0 Å². The zero-order valence-electron chi connectivity index (χ0n) is 15.1. The summed E-state index contributed by atoms with van der Waals surface area (Å²) < 4.78 is 54.9. The molecule has 6 nitrogen and oxygen atoms in total. The lowest BCUT2D eigenvalue weighted by Gasteiger charge is -2.37. The van der Waals surface area contributed by atoms with Crippen LogP contribution in [0.4, 0.5) is 23.4 Å². The predicted molar refractivity (Wildman–Crippen MR) is 102 cm³/mol. The maximum atomic E-state index is 13.3. The molecular formula is C18H17BrF4N6. The molecule has 0 radical (unpaired) electrons. The Bertz CT molecular complexity index is 1010. The molecule has 0 unspecified atom stereocenters. The Morgan fingerprint density at radius 2 is 1.97 bits per heavy atom. The highest BCUT2D eigenvalue weighted by Crippen LogP contribution is 2.34. The molecule has 3 aromatic heterocycles. The summed E-state index contributed by atoms with van der Waals surface area (Å²) in [7, 11) is 0. The SMILES string of the molecule is Fc1ccc(C2(CNc3cc(C(F)(F)F)nc4cc(Br)nn34)CCNCC2)nc1. The van der Waals surface area contributed by atoms with E-state index in [1.165, 1.54) is 16.6 Å². The van der Waals surface area contributed by atoms with Crippen LogP contribution >= 0.6 is 15.9 Å². The number of nitrogens with zero attached hydrogens (tertiary/aromatic N) is 4. The summed E-state index contributed by atoms with van der Waals surface area (Å²) in [5.41, 5.74) is -0.666. The number of rotatable bonds is 4. The Labute approximate surface area is 171 Å². The number of hydrogen-bond donors (Lipinski definition) is 2.